The van der Waals surface area contributed by atoms with Gasteiger partial charge < -0.3 is 10.4 Å². The number of benzene rings is 1. The number of carboxylic acid groups (broad SMARTS) is 1. The number of aliphatic carboxylic acids is 1. The molecule has 3 N–H and O–H groups in total. The Labute approximate surface area is 128 Å². The van der Waals surface area contributed by atoms with Crippen LogP contribution in [-0.2, 0) is 11.3 Å². The van der Waals surface area contributed by atoms with E-state index in [1.165, 1.54) is 6.07 Å². The van der Waals surface area contributed by atoms with Gasteiger partial charge in [-0.15, -0.1) is 0 Å². The van der Waals surface area contributed by atoms with Crippen molar-refractivity contribution in [3.05, 3.63) is 35.6 Å². The molecule has 0 amide bonds. The molecule has 6 nitrogen and oxygen atoms in total. The van der Waals surface area contributed by atoms with Crippen LogP contribution in [0.25, 0.3) is 0 Å². The predicted molar refractivity (Wildman–Crippen MR) is 84.3 cm³/mol. The van der Waals surface area contributed by atoms with Gasteiger partial charge in [-0.25, -0.2) is 14.2 Å². The van der Waals surface area contributed by atoms with E-state index in [4.69, 9.17) is 10.5 Å². The van der Waals surface area contributed by atoms with Crippen molar-refractivity contribution in [1.29, 1.82) is 5.41 Å². The number of rotatable bonds is 5. The molecule has 0 aromatic heterocycles. The van der Waals surface area contributed by atoms with E-state index in [1.807, 2.05) is 6.92 Å². The first-order valence-corrected chi connectivity index (χ1v) is 6.83. The van der Waals surface area contributed by atoms with E-state index < -0.39 is 11.8 Å². The summed E-state index contributed by atoms with van der Waals surface area (Å²) in [7, 11) is 1.57. The molecular formula is C15H19FN4O2. The summed E-state index contributed by atoms with van der Waals surface area (Å²) in [6.45, 7) is 2.07. The molecule has 22 heavy (non-hydrogen) atoms. The zero-order chi connectivity index (χ0) is 16.5. The van der Waals surface area contributed by atoms with Gasteiger partial charge in [-0.05, 0) is 12.5 Å². The third kappa shape index (κ3) is 5.08. The second-order valence-corrected chi connectivity index (χ2v) is 4.48. The van der Waals surface area contributed by atoms with Gasteiger partial charge in [0, 0.05) is 19.2 Å². The lowest BCUT2D eigenvalue weighted by Crippen LogP contribution is -2.33. The van der Waals surface area contributed by atoms with Crippen molar-refractivity contribution in [2.45, 2.75) is 26.3 Å². The van der Waals surface area contributed by atoms with Gasteiger partial charge in [-0.3, -0.25) is 10.4 Å². The van der Waals surface area contributed by atoms with Gasteiger partial charge in [0.1, 0.15) is 11.7 Å². The number of carboxylic acids is 1. The highest BCUT2D eigenvalue weighted by molar-refractivity contribution is 6.46. The topological polar surface area (TPSA) is 97.9 Å². The standard InChI is InChI=1S/C15H19FN4O2/c1-3-6-12(18-2)14(20-13(17)15(21)22)19-9-10-7-4-5-8-11(10)16/h4-5,7-8H,3,6,9H2,1-2H3,(H,21,22)(H2,17,19,20)/b18-12+. The Morgan fingerprint density at radius 2 is 2.09 bits per heavy atom. The molecule has 0 spiro atoms. The Kier molecular flexibility index (Phi) is 6.88. The maximum atomic E-state index is 13.6. The average Bonchev–Trinajstić information content (AvgIpc) is 2.50. The third-order valence-corrected chi connectivity index (χ3v) is 2.86. The van der Waals surface area contributed by atoms with Gasteiger partial charge in [0.2, 0.25) is 5.84 Å². The van der Waals surface area contributed by atoms with E-state index in [1.54, 1.807) is 25.2 Å². The number of nitrogens with zero attached hydrogens (tertiary/aromatic N) is 2. The number of halogens is 1. The Balaban J connectivity index is 2.98. The van der Waals surface area contributed by atoms with Crippen LogP contribution in [0.3, 0.4) is 0 Å². The van der Waals surface area contributed by atoms with Crippen molar-refractivity contribution in [1.82, 2.24) is 5.32 Å². The first-order chi connectivity index (χ1) is 10.5. The normalized spacial score (nSPS) is 12.1. The molecule has 0 unspecified atom stereocenters. The van der Waals surface area contributed by atoms with Crippen LogP contribution >= 0.6 is 0 Å². The van der Waals surface area contributed by atoms with E-state index >= 15 is 0 Å². The number of carbonyl (C=O) groups is 1. The molecule has 0 heterocycles. The van der Waals surface area contributed by atoms with Crippen molar-refractivity contribution >= 4 is 23.4 Å². The monoisotopic (exact) mass is 306 g/mol. The van der Waals surface area contributed by atoms with Crippen molar-refractivity contribution in [2.24, 2.45) is 9.98 Å². The maximum absolute atomic E-state index is 13.6. The summed E-state index contributed by atoms with van der Waals surface area (Å²) < 4.78 is 13.6. The average molecular weight is 306 g/mol. The van der Waals surface area contributed by atoms with E-state index in [0.29, 0.717) is 17.7 Å². The predicted octanol–water partition coefficient (Wildman–Crippen LogP) is 2.25. The van der Waals surface area contributed by atoms with Crippen LogP contribution < -0.4 is 5.32 Å². The Bertz CT molecular complexity index is 611. The maximum Gasteiger partial charge on any atom is 0.373 e. The summed E-state index contributed by atoms with van der Waals surface area (Å²) in [5.41, 5.74) is 0.967. The van der Waals surface area contributed by atoms with Crippen LogP contribution in [0.15, 0.2) is 34.3 Å². The minimum Gasteiger partial charge on any atom is -0.475 e. The Hall–Kier alpha value is -2.57. The van der Waals surface area contributed by atoms with Crippen molar-refractivity contribution in [2.75, 3.05) is 7.05 Å². The lowest BCUT2D eigenvalue weighted by molar-refractivity contribution is -0.129. The minimum absolute atomic E-state index is 0.126. The zero-order valence-electron chi connectivity index (χ0n) is 12.6. The molecule has 0 aliphatic heterocycles. The molecule has 118 valence electrons. The summed E-state index contributed by atoms with van der Waals surface area (Å²) >= 11 is 0. The second kappa shape index (κ2) is 8.66. The van der Waals surface area contributed by atoms with Crippen LogP contribution in [-0.4, -0.2) is 35.5 Å². The van der Waals surface area contributed by atoms with Gasteiger partial charge in [0.05, 0.1) is 5.71 Å². The molecule has 0 radical (unpaired) electrons. The largest absolute Gasteiger partial charge is 0.475 e. The summed E-state index contributed by atoms with van der Waals surface area (Å²) in [5, 5.41) is 19.0. The molecule has 1 aromatic carbocycles. The fraction of sp³-hybridized carbons (Fsp3) is 0.333. The summed E-state index contributed by atoms with van der Waals surface area (Å²) in [6, 6.07) is 6.25. The molecule has 0 fully saturated rings. The number of hydrogen-bond donors (Lipinski definition) is 3. The number of hydrogen-bond acceptors (Lipinski definition) is 3. The van der Waals surface area contributed by atoms with E-state index in [0.717, 1.165) is 6.42 Å². The summed E-state index contributed by atoms with van der Waals surface area (Å²) in [4.78, 5) is 18.6. The van der Waals surface area contributed by atoms with Gasteiger partial charge in [0.25, 0.3) is 0 Å². The van der Waals surface area contributed by atoms with Crippen molar-refractivity contribution in [3.63, 3.8) is 0 Å². The Morgan fingerprint density at radius 1 is 1.41 bits per heavy atom. The quantitative estimate of drug-likeness (QED) is 0.575. The third-order valence-electron chi connectivity index (χ3n) is 2.86. The van der Waals surface area contributed by atoms with Gasteiger partial charge >= 0.3 is 5.97 Å². The minimum atomic E-state index is -1.43. The van der Waals surface area contributed by atoms with Crippen molar-refractivity contribution in [3.8, 4) is 0 Å². The van der Waals surface area contributed by atoms with Crippen LogP contribution in [0.4, 0.5) is 4.39 Å². The molecule has 0 aliphatic rings. The van der Waals surface area contributed by atoms with Crippen LogP contribution in [0, 0.1) is 11.2 Å². The highest BCUT2D eigenvalue weighted by atomic mass is 19.1. The molecule has 7 heteroatoms. The fourth-order valence-corrected chi connectivity index (χ4v) is 1.76. The molecule has 1 rings (SSSR count). The zero-order valence-corrected chi connectivity index (χ0v) is 12.6. The Morgan fingerprint density at radius 3 is 2.64 bits per heavy atom. The first-order valence-electron chi connectivity index (χ1n) is 6.83. The lowest BCUT2D eigenvalue weighted by atomic mass is 10.1. The lowest BCUT2D eigenvalue weighted by Gasteiger charge is -2.12. The molecule has 1 aromatic rings. The highest BCUT2D eigenvalue weighted by Crippen LogP contribution is 2.06. The number of aliphatic imine (C=N–C) groups is 2. The molecule has 0 aliphatic carbocycles. The van der Waals surface area contributed by atoms with E-state index in [2.05, 4.69) is 15.3 Å². The van der Waals surface area contributed by atoms with Gasteiger partial charge in [0.15, 0.2) is 0 Å². The number of nitrogens with one attached hydrogen (secondary N) is 2. The van der Waals surface area contributed by atoms with Crippen LogP contribution in [0.5, 0.6) is 0 Å². The molecular weight excluding hydrogens is 287 g/mol. The molecule has 0 saturated heterocycles. The highest BCUT2D eigenvalue weighted by Gasteiger charge is 2.13. The smallest absolute Gasteiger partial charge is 0.373 e. The van der Waals surface area contributed by atoms with Crippen LogP contribution in [0.1, 0.15) is 25.3 Å². The SMILES string of the molecule is CCCC(=N\C)/C(=N/C(=N)C(=O)O)NCc1ccccc1F. The molecule has 0 bridgehead atoms. The molecule has 0 saturated carbocycles. The first kappa shape index (κ1) is 17.5. The van der Waals surface area contributed by atoms with Gasteiger partial charge in [-0.1, -0.05) is 31.5 Å². The van der Waals surface area contributed by atoms with E-state index in [9.17, 15) is 9.18 Å². The summed E-state index contributed by atoms with van der Waals surface area (Å²) in [6.07, 6.45) is 1.36. The summed E-state index contributed by atoms with van der Waals surface area (Å²) in [5.74, 6) is -2.42. The second-order valence-electron chi connectivity index (χ2n) is 4.48. The fourth-order valence-electron chi connectivity index (χ4n) is 1.76. The van der Waals surface area contributed by atoms with Crippen LogP contribution in [0.2, 0.25) is 0 Å². The van der Waals surface area contributed by atoms with Crippen molar-refractivity contribution < 1.29 is 14.3 Å². The number of amidine groups is 2. The van der Waals surface area contributed by atoms with E-state index in [-0.39, 0.29) is 18.2 Å². The molecule has 0 atom stereocenters. The van der Waals surface area contributed by atoms with Gasteiger partial charge in [-0.2, -0.15) is 0 Å².